The summed E-state index contributed by atoms with van der Waals surface area (Å²) in [6.07, 6.45) is 5.62. The molecule has 3 heteroatoms. The number of benzene rings is 1. The maximum absolute atomic E-state index is 13.0. The van der Waals surface area contributed by atoms with Crippen molar-refractivity contribution in [1.82, 2.24) is 4.90 Å². The lowest BCUT2D eigenvalue weighted by Gasteiger charge is -2.28. The molecule has 0 heterocycles. The molecule has 1 aromatic carbocycles. The lowest BCUT2D eigenvalue weighted by atomic mass is 9.94. The molecule has 3 nitrogen and oxygen atoms in total. The molecular formula is C20H30N2O. The van der Waals surface area contributed by atoms with Gasteiger partial charge in [-0.25, -0.2) is 0 Å². The summed E-state index contributed by atoms with van der Waals surface area (Å²) in [5.74, 6) is 1.46. The van der Waals surface area contributed by atoms with Crippen molar-refractivity contribution in [3.63, 3.8) is 0 Å². The van der Waals surface area contributed by atoms with Crippen LogP contribution < -0.4 is 5.73 Å². The summed E-state index contributed by atoms with van der Waals surface area (Å²) >= 11 is 0. The van der Waals surface area contributed by atoms with E-state index in [4.69, 9.17) is 5.73 Å². The fraction of sp³-hybridized carbons (Fsp3) is 0.650. The van der Waals surface area contributed by atoms with Crippen LogP contribution in [0.1, 0.15) is 63.0 Å². The zero-order chi connectivity index (χ0) is 16.4. The Hall–Kier alpha value is -1.35. The fourth-order valence-electron chi connectivity index (χ4n) is 3.83. The number of carbonyl (C=O) groups is 1. The quantitative estimate of drug-likeness (QED) is 0.870. The van der Waals surface area contributed by atoms with Crippen LogP contribution in [0.25, 0.3) is 0 Å². The van der Waals surface area contributed by atoms with Gasteiger partial charge in [-0.15, -0.1) is 0 Å². The van der Waals surface area contributed by atoms with E-state index in [9.17, 15) is 4.79 Å². The SMILES string of the molecule is CC(C)c1ccc(CN(C(=O)[C@@H]2CCC[C@@H]2CN)C2CC2)cc1. The van der Waals surface area contributed by atoms with E-state index in [1.54, 1.807) is 0 Å². The molecule has 2 aliphatic rings. The van der Waals surface area contributed by atoms with Crippen molar-refractivity contribution < 1.29 is 4.79 Å². The Morgan fingerprint density at radius 3 is 2.43 bits per heavy atom. The Labute approximate surface area is 140 Å². The molecule has 2 fully saturated rings. The van der Waals surface area contributed by atoms with Gasteiger partial charge in [0.2, 0.25) is 5.91 Å². The molecule has 2 N–H and O–H groups in total. The molecule has 1 aromatic rings. The number of hydrogen-bond acceptors (Lipinski definition) is 2. The summed E-state index contributed by atoms with van der Waals surface area (Å²) < 4.78 is 0. The molecule has 0 spiro atoms. The molecule has 0 unspecified atom stereocenters. The molecule has 0 radical (unpaired) electrons. The number of nitrogens with zero attached hydrogens (tertiary/aromatic N) is 1. The van der Waals surface area contributed by atoms with Gasteiger partial charge in [-0.2, -0.15) is 0 Å². The highest BCUT2D eigenvalue weighted by Gasteiger charge is 2.40. The van der Waals surface area contributed by atoms with Crippen LogP contribution in [0.4, 0.5) is 0 Å². The van der Waals surface area contributed by atoms with Crippen LogP contribution in [0, 0.1) is 11.8 Å². The van der Waals surface area contributed by atoms with E-state index in [-0.39, 0.29) is 5.92 Å². The third-order valence-corrected chi connectivity index (χ3v) is 5.55. The molecule has 126 valence electrons. The molecule has 0 aliphatic heterocycles. The minimum absolute atomic E-state index is 0.163. The van der Waals surface area contributed by atoms with E-state index in [2.05, 4.69) is 43.0 Å². The van der Waals surface area contributed by atoms with Crippen molar-refractivity contribution in [2.75, 3.05) is 6.54 Å². The summed E-state index contributed by atoms with van der Waals surface area (Å²) in [5.41, 5.74) is 8.49. The highest BCUT2D eigenvalue weighted by molar-refractivity contribution is 5.80. The first-order chi connectivity index (χ1) is 11.1. The average Bonchev–Trinajstić information content (AvgIpc) is 3.28. The van der Waals surface area contributed by atoms with Gasteiger partial charge in [0.05, 0.1) is 0 Å². The standard InChI is InChI=1S/C20H30N2O/c1-14(2)16-8-6-15(7-9-16)13-22(18-10-11-18)20(23)19-5-3-4-17(19)12-21/h6-9,14,17-19H,3-5,10-13,21H2,1-2H3/t17-,19-/m1/s1. The monoisotopic (exact) mass is 314 g/mol. The van der Waals surface area contributed by atoms with Crippen molar-refractivity contribution in [2.24, 2.45) is 17.6 Å². The topological polar surface area (TPSA) is 46.3 Å². The number of carbonyl (C=O) groups excluding carboxylic acids is 1. The van der Waals surface area contributed by atoms with Crippen LogP contribution in [0.3, 0.4) is 0 Å². The number of nitrogens with two attached hydrogens (primary N) is 1. The molecule has 2 saturated carbocycles. The molecule has 2 atom stereocenters. The smallest absolute Gasteiger partial charge is 0.226 e. The number of rotatable bonds is 6. The summed E-state index contributed by atoms with van der Waals surface area (Å²) in [6, 6.07) is 9.24. The lowest BCUT2D eigenvalue weighted by molar-refractivity contribution is -0.137. The predicted octanol–water partition coefficient (Wildman–Crippen LogP) is 3.68. The molecular weight excluding hydrogens is 284 g/mol. The summed E-state index contributed by atoms with van der Waals surface area (Å²) in [7, 11) is 0. The fourth-order valence-corrected chi connectivity index (χ4v) is 3.83. The van der Waals surface area contributed by atoms with E-state index < -0.39 is 0 Å². The first-order valence-electron chi connectivity index (χ1n) is 9.19. The van der Waals surface area contributed by atoms with Crippen molar-refractivity contribution in [3.05, 3.63) is 35.4 Å². The van der Waals surface area contributed by atoms with Gasteiger partial charge in [0.1, 0.15) is 0 Å². The Kier molecular flexibility index (Phi) is 5.05. The first kappa shape index (κ1) is 16.5. The zero-order valence-corrected chi connectivity index (χ0v) is 14.5. The lowest BCUT2D eigenvalue weighted by Crippen LogP contribution is -2.40. The first-order valence-corrected chi connectivity index (χ1v) is 9.19. The van der Waals surface area contributed by atoms with E-state index in [1.165, 1.54) is 11.1 Å². The molecule has 0 bridgehead atoms. The molecule has 1 amide bonds. The van der Waals surface area contributed by atoms with E-state index in [0.717, 1.165) is 38.6 Å². The summed E-state index contributed by atoms with van der Waals surface area (Å²) in [5, 5.41) is 0. The minimum atomic E-state index is 0.163. The van der Waals surface area contributed by atoms with Crippen molar-refractivity contribution in [2.45, 2.75) is 64.5 Å². The van der Waals surface area contributed by atoms with Crippen LogP contribution in [0.15, 0.2) is 24.3 Å². The molecule has 3 rings (SSSR count). The van der Waals surface area contributed by atoms with Gasteiger partial charge in [-0.1, -0.05) is 44.5 Å². The molecule has 0 saturated heterocycles. The number of hydrogen-bond donors (Lipinski definition) is 1. The van der Waals surface area contributed by atoms with Gasteiger partial charge in [0.15, 0.2) is 0 Å². The summed E-state index contributed by atoms with van der Waals surface area (Å²) in [6.45, 7) is 5.83. The Morgan fingerprint density at radius 1 is 1.17 bits per heavy atom. The van der Waals surface area contributed by atoms with E-state index in [0.29, 0.717) is 30.3 Å². The largest absolute Gasteiger partial charge is 0.335 e. The van der Waals surface area contributed by atoms with Crippen molar-refractivity contribution in [3.8, 4) is 0 Å². The van der Waals surface area contributed by atoms with E-state index >= 15 is 0 Å². The second-order valence-electron chi connectivity index (χ2n) is 7.63. The van der Waals surface area contributed by atoms with Crippen LogP contribution in [0.2, 0.25) is 0 Å². The van der Waals surface area contributed by atoms with Crippen LogP contribution in [0.5, 0.6) is 0 Å². The minimum Gasteiger partial charge on any atom is -0.335 e. The average molecular weight is 314 g/mol. The van der Waals surface area contributed by atoms with Gasteiger partial charge < -0.3 is 10.6 Å². The molecule has 2 aliphatic carbocycles. The van der Waals surface area contributed by atoms with Crippen molar-refractivity contribution in [1.29, 1.82) is 0 Å². The second-order valence-corrected chi connectivity index (χ2v) is 7.63. The van der Waals surface area contributed by atoms with Gasteiger partial charge in [0, 0.05) is 18.5 Å². The highest BCUT2D eigenvalue weighted by atomic mass is 16.2. The Bertz CT molecular complexity index is 533. The van der Waals surface area contributed by atoms with Crippen LogP contribution in [-0.2, 0) is 11.3 Å². The van der Waals surface area contributed by atoms with Crippen molar-refractivity contribution >= 4 is 5.91 Å². The third-order valence-electron chi connectivity index (χ3n) is 5.55. The summed E-state index contributed by atoms with van der Waals surface area (Å²) in [4.78, 5) is 15.2. The third kappa shape index (κ3) is 3.77. The van der Waals surface area contributed by atoms with Gasteiger partial charge in [-0.05, 0) is 55.2 Å². The second kappa shape index (κ2) is 7.04. The molecule has 0 aromatic heterocycles. The Morgan fingerprint density at radius 2 is 1.87 bits per heavy atom. The highest BCUT2D eigenvalue weighted by Crippen LogP contribution is 2.36. The maximum Gasteiger partial charge on any atom is 0.226 e. The van der Waals surface area contributed by atoms with Gasteiger partial charge >= 0.3 is 0 Å². The van der Waals surface area contributed by atoms with E-state index in [1.807, 2.05) is 0 Å². The normalized spacial score (nSPS) is 24.2. The zero-order valence-electron chi connectivity index (χ0n) is 14.5. The van der Waals surface area contributed by atoms with Gasteiger partial charge in [-0.3, -0.25) is 4.79 Å². The maximum atomic E-state index is 13.0. The Balaban J connectivity index is 1.70. The predicted molar refractivity (Wildman–Crippen MR) is 94.0 cm³/mol. The number of amides is 1. The van der Waals surface area contributed by atoms with Crippen LogP contribution >= 0.6 is 0 Å². The molecule has 23 heavy (non-hydrogen) atoms. The van der Waals surface area contributed by atoms with Gasteiger partial charge in [0.25, 0.3) is 0 Å². The van der Waals surface area contributed by atoms with Crippen LogP contribution in [-0.4, -0.2) is 23.4 Å².